The van der Waals surface area contributed by atoms with Crippen LogP contribution in [0.4, 0.5) is 0 Å². The summed E-state index contributed by atoms with van der Waals surface area (Å²) in [6.45, 7) is 16.3. The molecule has 1 unspecified atom stereocenters. The number of hydrogen-bond donors (Lipinski definition) is 0. The molecule has 0 bridgehead atoms. The van der Waals surface area contributed by atoms with Crippen LogP contribution >= 0.6 is 0 Å². The van der Waals surface area contributed by atoms with Crippen LogP contribution < -0.4 is 0 Å². The molecule has 1 aliphatic carbocycles. The minimum atomic E-state index is 0.443. The van der Waals surface area contributed by atoms with E-state index in [4.69, 9.17) is 0 Å². The second-order valence-electron chi connectivity index (χ2n) is 6.46. The van der Waals surface area contributed by atoms with Crippen molar-refractivity contribution in [1.82, 2.24) is 9.88 Å². The average Bonchev–Trinajstić information content (AvgIpc) is 2.47. The Morgan fingerprint density at radius 2 is 2.14 bits per heavy atom. The first kappa shape index (κ1) is 14.8. The quantitative estimate of drug-likeness (QED) is 0.744. The highest BCUT2D eigenvalue weighted by molar-refractivity contribution is 5.63. The van der Waals surface area contributed by atoms with Gasteiger partial charge < -0.3 is 4.90 Å². The minimum absolute atomic E-state index is 0.443. The van der Waals surface area contributed by atoms with E-state index in [0.717, 1.165) is 30.4 Å². The number of aryl methyl sites for hydroxylation is 1. The molecule has 0 amide bonds. The van der Waals surface area contributed by atoms with Crippen LogP contribution in [0.1, 0.15) is 35.6 Å². The number of hydrogen-bond acceptors (Lipinski definition) is 2. The summed E-state index contributed by atoms with van der Waals surface area (Å²) in [4.78, 5) is 6.71. The lowest BCUT2D eigenvalue weighted by atomic mass is 9.79. The van der Waals surface area contributed by atoms with Crippen molar-refractivity contribution in [1.29, 1.82) is 0 Å². The molecule has 2 heterocycles. The van der Waals surface area contributed by atoms with Crippen LogP contribution in [-0.2, 0) is 0 Å². The monoisotopic (exact) mass is 292 g/mol. The highest BCUT2D eigenvalue weighted by Crippen LogP contribution is 2.38. The minimum Gasteiger partial charge on any atom is -0.371 e. The normalized spacial score (nSPS) is 20.5. The van der Waals surface area contributed by atoms with Gasteiger partial charge in [-0.05, 0) is 54.5 Å². The van der Waals surface area contributed by atoms with Crippen molar-refractivity contribution in [2.24, 2.45) is 5.92 Å². The standard InChI is InChI=1S/C20H24N2/c1-5-16(4)22-12-17(13-22)7-9-19-14(2)6-8-18-11-21-15(3)10-20(18)19/h5-6,8,10-11,17,19H,1-2,4,7,9,12-13H2,3H3. The number of pyridine rings is 1. The summed E-state index contributed by atoms with van der Waals surface area (Å²) in [7, 11) is 0. The van der Waals surface area contributed by atoms with Crippen LogP contribution in [0.25, 0.3) is 6.08 Å². The maximum atomic E-state index is 4.41. The molecule has 1 aromatic heterocycles. The molecule has 22 heavy (non-hydrogen) atoms. The molecule has 114 valence electrons. The fourth-order valence-electron chi connectivity index (χ4n) is 3.40. The van der Waals surface area contributed by atoms with Crippen LogP contribution in [-0.4, -0.2) is 23.0 Å². The Morgan fingerprint density at radius 3 is 2.86 bits per heavy atom. The van der Waals surface area contributed by atoms with E-state index < -0.39 is 0 Å². The van der Waals surface area contributed by atoms with Crippen molar-refractivity contribution in [2.75, 3.05) is 13.1 Å². The molecule has 0 radical (unpaired) electrons. The van der Waals surface area contributed by atoms with E-state index in [1.165, 1.54) is 29.5 Å². The fourth-order valence-corrected chi connectivity index (χ4v) is 3.40. The molecule has 2 heteroatoms. The first-order valence-corrected chi connectivity index (χ1v) is 7.98. The number of aromatic nitrogens is 1. The van der Waals surface area contributed by atoms with Crippen molar-refractivity contribution < 1.29 is 0 Å². The summed E-state index contributed by atoms with van der Waals surface area (Å²) in [5, 5.41) is 0. The van der Waals surface area contributed by atoms with Gasteiger partial charge in [0.2, 0.25) is 0 Å². The van der Waals surface area contributed by atoms with E-state index in [1.807, 2.05) is 12.3 Å². The lowest BCUT2D eigenvalue weighted by Gasteiger charge is -2.42. The molecule has 0 spiro atoms. The zero-order valence-electron chi connectivity index (χ0n) is 13.4. The summed E-state index contributed by atoms with van der Waals surface area (Å²) in [6.07, 6.45) is 10.5. The smallest absolute Gasteiger partial charge is 0.0376 e. The van der Waals surface area contributed by atoms with Gasteiger partial charge in [-0.3, -0.25) is 4.98 Å². The van der Waals surface area contributed by atoms with Crippen LogP contribution in [0.15, 0.2) is 55.4 Å². The van der Waals surface area contributed by atoms with Crippen LogP contribution in [0.3, 0.4) is 0 Å². The van der Waals surface area contributed by atoms with Gasteiger partial charge in [-0.25, -0.2) is 0 Å². The molecule has 1 atom stereocenters. The molecule has 2 nitrogen and oxygen atoms in total. The Kier molecular flexibility index (Phi) is 4.02. The van der Waals surface area contributed by atoms with Crippen molar-refractivity contribution >= 4 is 6.08 Å². The molecule has 0 aromatic carbocycles. The summed E-state index contributed by atoms with van der Waals surface area (Å²) >= 11 is 0. The van der Waals surface area contributed by atoms with E-state index in [0.29, 0.717) is 5.92 Å². The van der Waals surface area contributed by atoms with Gasteiger partial charge in [0.05, 0.1) is 0 Å². The Balaban J connectivity index is 1.63. The van der Waals surface area contributed by atoms with E-state index in [-0.39, 0.29) is 0 Å². The van der Waals surface area contributed by atoms with Gasteiger partial charge >= 0.3 is 0 Å². The molecular weight excluding hydrogens is 268 g/mol. The highest BCUT2D eigenvalue weighted by atomic mass is 15.2. The maximum absolute atomic E-state index is 4.41. The zero-order chi connectivity index (χ0) is 15.7. The molecular formula is C20H24N2. The molecule has 0 saturated carbocycles. The van der Waals surface area contributed by atoms with E-state index in [9.17, 15) is 0 Å². The zero-order valence-corrected chi connectivity index (χ0v) is 13.4. The Labute approximate surface area is 133 Å². The lowest BCUT2D eigenvalue weighted by molar-refractivity contribution is 0.137. The average molecular weight is 292 g/mol. The highest BCUT2D eigenvalue weighted by Gasteiger charge is 2.28. The molecule has 1 saturated heterocycles. The third-order valence-electron chi connectivity index (χ3n) is 4.87. The number of rotatable bonds is 5. The number of likely N-dealkylation sites (tertiary alicyclic amines) is 1. The van der Waals surface area contributed by atoms with Gasteiger partial charge in [-0.15, -0.1) is 0 Å². The molecule has 3 rings (SSSR count). The predicted molar refractivity (Wildman–Crippen MR) is 93.5 cm³/mol. The molecule has 1 fully saturated rings. The van der Waals surface area contributed by atoms with Gasteiger partial charge in [0.25, 0.3) is 0 Å². The molecule has 2 aliphatic rings. The van der Waals surface area contributed by atoms with Crippen molar-refractivity contribution in [3.8, 4) is 0 Å². The van der Waals surface area contributed by atoms with Crippen molar-refractivity contribution in [3.05, 3.63) is 72.2 Å². The third kappa shape index (κ3) is 2.78. The SMILES string of the molecule is C=CC(=C)N1CC(CCC2C(=C)C=Cc3cnc(C)cc32)C1. The topological polar surface area (TPSA) is 16.1 Å². The summed E-state index contributed by atoms with van der Waals surface area (Å²) in [5.74, 6) is 1.21. The van der Waals surface area contributed by atoms with Gasteiger partial charge in [0.1, 0.15) is 0 Å². The van der Waals surface area contributed by atoms with Crippen LogP contribution in [0.5, 0.6) is 0 Å². The van der Waals surface area contributed by atoms with Crippen molar-refractivity contribution in [2.45, 2.75) is 25.7 Å². The number of allylic oxidation sites excluding steroid dienone is 3. The predicted octanol–water partition coefficient (Wildman–Crippen LogP) is 4.47. The van der Waals surface area contributed by atoms with Gasteiger partial charge in [0.15, 0.2) is 0 Å². The molecule has 0 N–H and O–H groups in total. The van der Waals surface area contributed by atoms with Gasteiger partial charge in [-0.1, -0.05) is 31.9 Å². The Hall–Kier alpha value is -2.09. The van der Waals surface area contributed by atoms with E-state index in [2.05, 4.69) is 54.8 Å². The van der Waals surface area contributed by atoms with E-state index in [1.54, 1.807) is 0 Å². The molecule has 1 aliphatic heterocycles. The Bertz CT molecular complexity index is 648. The maximum Gasteiger partial charge on any atom is 0.0376 e. The second-order valence-corrected chi connectivity index (χ2v) is 6.46. The second kappa shape index (κ2) is 5.96. The number of fused-ring (bicyclic) bond motifs is 1. The summed E-state index contributed by atoms with van der Waals surface area (Å²) < 4.78 is 0. The van der Waals surface area contributed by atoms with Crippen molar-refractivity contribution in [3.63, 3.8) is 0 Å². The summed E-state index contributed by atoms with van der Waals surface area (Å²) in [5.41, 5.74) is 6.01. The lowest BCUT2D eigenvalue weighted by Crippen LogP contribution is -2.45. The van der Waals surface area contributed by atoms with Gasteiger partial charge in [0, 0.05) is 36.6 Å². The fraction of sp³-hybridized carbons (Fsp3) is 0.350. The number of nitrogens with zero attached hydrogens (tertiary/aromatic N) is 2. The van der Waals surface area contributed by atoms with Crippen LogP contribution in [0.2, 0.25) is 0 Å². The largest absolute Gasteiger partial charge is 0.371 e. The molecule has 1 aromatic rings. The first-order valence-electron chi connectivity index (χ1n) is 7.98. The van der Waals surface area contributed by atoms with Crippen LogP contribution in [0, 0.1) is 12.8 Å². The summed E-state index contributed by atoms with van der Waals surface area (Å²) in [6, 6.07) is 2.22. The van der Waals surface area contributed by atoms with Gasteiger partial charge in [-0.2, -0.15) is 0 Å². The Morgan fingerprint density at radius 1 is 1.36 bits per heavy atom. The van der Waals surface area contributed by atoms with E-state index >= 15 is 0 Å². The first-order chi connectivity index (χ1) is 10.6. The third-order valence-corrected chi connectivity index (χ3v) is 4.87.